The Bertz CT molecular complexity index is 943. The molecule has 144 valence electrons. The van der Waals surface area contributed by atoms with Gasteiger partial charge in [-0.05, 0) is 42.7 Å². The van der Waals surface area contributed by atoms with E-state index in [0.717, 1.165) is 18.4 Å². The molecule has 7 nitrogen and oxygen atoms in total. The van der Waals surface area contributed by atoms with Gasteiger partial charge in [0.15, 0.2) is 0 Å². The molecule has 0 radical (unpaired) electrons. The van der Waals surface area contributed by atoms with Crippen molar-refractivity contribution in [3.8, 4) is 5.88 Å². The average Bonchev–Trinajstić information content (AvgIpc) is 3.22. The van der Waals surface area contributed by atoms with E-state index >= 15 is 0 Å². The van der Waals surface area contributed by atoms with Crippen LogP contribution in [0.2, 0.25) is 5.02 Å². The molecule has 2 aromatic rings. The van der Waals surface area contributed by atoms with E-state index in [4.69, 9.17) is 16.3 Å². The highest BCUT2D eigenvalue weighted by Gasteiger charge is 2.28. The lowest BCUT2D eigenvalue weighted by atomic mass is 10.2. The molecule has 27 heavy (non-hydrogen) atoms. The monoisotopic (exact) mass is 409 g/mol. The van der Waals surface area contributed by atoms with Gasteiger partial charge in [0.25, 0.3) is 5.91 Å². The molecule has 0 aliphatic carbocycles. The van der Waals surface area contributed by atoms with Crippen molar-refractivity contribution in [3.63, 3.8) is 0 Å². The topological polar surface area (TPSA) is 88.6 Å². The molecule has 2 heterocycles. The maximum Gasteiger partial charge on any atom is 0.253 e. The number of aromatic nitrogens is 1. The van der Waals surface area contributed by atoms with E-state index in [1.807, 2.05) is 0 Å². The Morgan fingerprint density at radius 2 is 2.00 bits per heavy atom. The molecule has 1 fully saturated rings. The van der Waals surface area contributed by atoms with Gasteiger partial charge < -0.3 is 10.1 Å². The van der Waals surface area contributed by atoms with E-state index in [2.05, 4.69) is 10.3 Å². The lowest BCUT2D eigenvalue weighted by Crippen LogP contribution is -2.28. The Morgan fingerprint density at radius 1 is 1.26 bits per heavy atom. The third kappa shape index (κ3) is 4.40. The van der Waals surface area contributed by atoms with E-state index in [-0.39, 0.29) is 22.0 Å². The minimum absolute atomic E-state index is 0.0736. The molecule has 3 rings (SSSR count). The second-order valence-corrected chi connectivity index (χ2v) is 8.49. The van der Waals surface area contributed by atoms with Crippen molar-refractivity contribution in [2.75, 3.05) is 20.2 Å². The summed E-state index contributed by atoms with van der Waals surface area (Å²) in [5.41, 5.74) is 0.921. The SMILES string of the molecule is COc1cc(CNC(=O)c2cc(S(=O)(=O)N3CCCC3)ccc2Cl)ccn1. The van der Waals surface area contributed by atoms with Crippen LogP contribution >= 0.6 is 11.6 Å². The van der Waals surface area contributed by atoms with Gasteiger partial charge in [0.05, 0.1) is 22.6 Å². The third-order valence-electron chi connectivity index (χ3n) is 4.35. The number of pyridine rings is 1. The first-order chi connectivity index (χ1) is 12.9. The quantitative estimate of drug-likeness (QED) is 0.791. The fourth-order valence-electron chi connectivity index (χ4n) is 2.87. The van der Waals surface area contributed by atoms with Gasteiger partial charge in [-0.25, -0.2) is 13.4 Å². The van der Waals surface area contributed by atoms with Gasteiger partial charge >= 0.3 is 0 Å². The summed E-state index contributed by atoms with van der Waals surface area (Å²) in [5, 5.41) is 2.94. The Morgan fingerprint density at radius 3 is 2.70 bits per heavy atom. The summed E-state index contributed by atoms with van der Waals surface area (Å²) >= 11 is 6.13. The summed E-state index contributed by atoms with van der Waals surface area (Å²) < 4.78 is 31.9. The second-order valence-electron chi connectivity index (χ2n) is 6.14. The van der Waals surface area contributed by atoms with Crippen molar-refractivity contribution in [2.45, 2.75) is 24.3 Å². The molecule has 0 atom stereocenters. The molecule has 1 saturated heterocycles. The highest BCUT2D eigenvalue weighted by molar-refractivity contribution is 7.89. The number of methoxy groups -OCH3 is 1. The number of halogens is 1. The van der Waals surface area contributed by atoms with E-state index in [0.29, 0.717) is 19.0 Å². The van der Waals surface area contributed by atoms with Gasteiger partial charge in [0.2, 0.25) is 15.9 Å². The molecule has 0 saturated carbocycles. The van der Waals surface area contributed by atoms with Crippen molar-refractivity contribution in [1.82, 2.24) is 14.6 Å². The number of benzene rings is 1. The summed E-state index contributed by atoms with van der Waals surface area (Å²) in [6, 6.07) is 7.66. The lowest BCUT2D eigenvalue weighted by molar-refractivity contribution is 0.0950. The van der Waals surface area contributed by atoms with Crippen LogP contribution in [0.25, 0.3) is 0 Å². The first-order valence-corrected chi connectivity index (χ1v) is 10.3. The third-order valence-corrected chi connectivity index (χ3v) is 6.57. The van der Waals surface area contributed by atoms with Crippen LogP contribution < -0.4 is 10.1 Å². The lowest BCUT2D eigenvalue weighted by Gasteiger charge is -2.16. The normalized spacial score (nSPS) is 14.9. The second kappa shape index (κ2) is 8.24. The number of hydrogen-bond acceptors (Lipinski definition) is 5. The van der Waals surface area contributed by atoms with Crippen LogP contribution in [-0.4, -0.2) is 43.8 Å². The number of nitrogens with zero attached hydrogens (tertiary/aromatic N) is 2. The Balaban J connectivity index is 1.78. The summed E-state index contributed by atoms with van der Waals surface area (Å²) in [6.45, 7) is 1.23. The van der Waals surface area contributed by atoms with Crippen LogP contribution in [0.4, 0.5) is 0 Å². The number of nitrogens with one attached hydrogen (secondary N) is 1. The summed E-state index contributed by atoms with van der Waals surface area (Å²) in [4.78, 5) is 16.6. The molecular weight excluding hydrogens is 390 g/mol. The van der Waals surface area contributed by atoms with Crippen molar-refractivity contribution < 1.29 is 17.9 Å². The summed E-state index contributed by atoms with van der Waals surface area (Å²) in [7, 11) is -2.11. The number of sulfonamides is 1. The Labute approximate surface area is 163 Å². The Kier molecular flexibility index (Phi) is 5.98. The van der Waals surface area contributed by atoms with Gasteiger partial charge in [-0.2, -0.15) is 4.31 Å². The van der Waals surface area contributed by atoms with E-state index in [1.165, 1.54) is 29.6 Å². The van der Waals surface area contributed by atoms with Crippen LogP contribution in [0.15, 0.2) is 41.4 Å². The molecule has 1 aliphatic rings. The van der Waals surface area contributed by atoms with Gasteiger partial charge in [-0.3, -0.25) is 4.79 Å². The molecule has 1 amide bonds. The first kappa shape index (κ1) is 19.6. The Hall–Kier alpha value is -2.16. The molecule has 9 heteroatoms. The zero-order valence-corrected chi connectivity index (χ0v) is 16.4. The predicted molar refractivity (Wildman–Crippen MR) is 101 cm³/mol. The molecule has 1 aromatic heterocycles. The molecular formula is C18H20ClN3O4S. The zero-order chi connectivity index (χ0) is 19.4. The molecule has 1 aromatic carbocycles. The van der Waals surface area contributed by atoms with Crippen molar-refractivity contribution in [3.05, 3.63) is 52.7 Å². The van der Waals surface area contributed by atoms with Crippen LogP contribution in [0.5, 0.6) is 5.88 Å². The number of hydrogen-bond donors (Lipinski definition) is 1. The highest BCUT2D eigenvalue weighted by atomic mass is 35.5. The van der Waals surface area contributed by atoms with Gasteiger partial charge in [0, 0.05) is 31.9 Å². The first-order valence-electron chi connectivity index (χ1n) is 8.48. The highest BCUT2D eigenvalue weighted by Crippen LogP contribution is 2.25. The molecule has 0 spiro atoms. The predicted octanol–water partition coefficient (Wildman–Crippen LogP) is 2.46. The van der Waals surface area contributed by atoms with Gasteiger partial charge in [0.1, 0.15) is 0 Å². The van der Waals surface area contributed by atoms with Gasteiger partial charge in [-0.1, -0.05) is 11.6 Å². The fraction of sp³-hybridized carbons (Fsp3) is 0.333. The molecule has 0 unspecified atom stereocenters. The van der Waals surface area contributed by atoms with Crippen molar-refractivity contribution in [1.29, 1.82) is 0 Å². The van der Waals surface area contributed by atoms with Crippen LogP contribution in [0, 0.1) is 0 Å². The number of carbonyl (C=O) groups is 1. The largest absolute Gasteiger partial charge is 0.481 e. The van der Waals surface area contributed by atoms with Crippen LogP contribution in [0.3, 0.4) is 0 Å². The average molecular weight is 410 g/mol. The van der Waals surface area contributed by atoms with Crippen molar-refractivity contribution in [2.24, 2.45) is 0 Å². The smallest absolute Gasteiger partial charge is 0.253 e. The standard InChI is InChI=1S/C18H20ClN3O4S/c1-26-17-10-13(6-7-20-17)12-21-18(23)15-11-14(4-5-16(15)19)27(24,25)22-8-2-3-9-22/h4-7,10-11H,2-3,8-9,12H2,1H3,(H,21,23). The molecule has 1 N–H and O–H groups in total. The minimum Gasteiger partial charge on any atom is -0.481 e. The van der Waals surface area contributed by atoms with Crippen LogP contribution in [-0.2, 0) is 16.6 Å². The maximum absolute atomic E-state index is 12.7. The van der Waals surface area contributed by atoms with E-state index in [1.54, 1.807) is 18.3 Å². The van der Waals surface area contributed by atoms with E-state index < -0.39 is 15.9 Å². The minimum atomic E-state index is -3.62. The number of amides is 1. The van der Waals surface area contributed by atoms with Crippen molar-refractivity contribution >= 4 is 27.5 Å². The summed E-state index contributed by atoms with van der Waals surface area (Å²) in [6.07, 6.45) is 3.27. The zero-order valence-electron chi connectivity index (χ0n) is 14.8. The summed E-state index contributed by atoms with van der Waals surface area (Å²) in [5.74, 6) is -0.00673. The molecule has 1 aliphatic heterocycles. The number of ether oxygens (including phenoxy) is 1. The van der Waals surface area contributed by atoms with Crippen LogP contribution in [0.1, 0.15) is 28.8 Å². The number of carbonyl (C=O) groups excluding carboxylic acids is 1. The van der Waals surface area contributed by atoms with Gasteiger partial charge in [-0.15, -0.1) is 0 Å². The fourth-order valence-corrected chi connectivity index (χ4v) is 4.61. The molecule has 0 bridgehead atoms. The maximum atomic E-state index is 12.7. The number of rotatable bonds is 6. The van der Waals surface area contributed by atoms with E-state index in [9.17, 15) is 13.2 Å².